The first-order chi connectivity index (χ1) is 9.65. The van der Waals surface area contributed by atoms with E-state index in [1.807, 2.05) is 6.07 Å². The number of rotatable bonds is 2. The van der Waals surface area contributed by atoms with Crippen LogP contribution in [0.5, 0.6) is 0 Å². The van der Waals surface area contributed by atoms with Gasteiger partial charge in [0.2, 0.25) is 0 Å². The molecule has 20 heavy (non-hydrogen) atoms. The second-order valence-electron chi connectivity index (χ2n) is 5.12. The summed E-state index contributed by atoms with van der Waals surface area (Å²) in [5.41, 5.74) is 7.58. The highest BCUT2D eigenvalue weighted by molar-refractivity contribution is 6.38. The van der Waals surface area contributed by atoms with Gasteiger partial charge in [0.05, 0.1) is 15.6 Å². The van der Waals surface area contributed by atoms with E-state index >= 15 is 0 Å². The molecule has 0 spiro atoms. The van der Waals surface area contributed by atoms with Crippen LogP contribution in [-0.2, 0) is 0 Å². The third-order valence-corrected chi connectivity index (χ3v) is 4.36. The standard InChI is InChI=1S/C15H15Cl2N3/c16-10-6-3-7-11(17)14(10)15-19-12(8-13(18)20-15)9-4-1-2-5-9/h3,6-9H,1-2,4-5H2,(H2,18,19,20). The summed E-state index contributed by atoms with van der Waals surface area (Å²) in [6, 6.07) is 7.23. The average Bonchev–Trinajstić information content (AvgIpc) is 2.91. The second kappa shape index (κ2) is 5.58. The molecule has 0 radical (unpaired) electrons. The zero-order chi connectivity index (χ0) is 14.1. The highest BCUT2D eigenvalue weighted by Crippen LogP contribution is 2.37. The third kappa shape index (κ3) is 2.60. The van der Waals surface area contributed by atoms with Crippen LogP contribution in [0.15, 0.2) is 24.3 Å². The molecular weight excluding hydrogens is 293 g/mol. The van der Waals surface area contributed by atoms with Crippen molar-refractivity contribution in [3.05, 3.63) is 40.0 Å². The van der Waals surface area contributed by atoms with Gasteiger partial charge in [0.25, 0.3) is 0 Å². The lowest BCUT2D eigenvalue weighted by atomic mass is 10.0. The normalized spacial score (nSPS) is 15.7. The summed E-state index contributed by atoms with van der Waals surface area (Å²) in [6.45, 7) is 0. The molecule has 1 fully saturated rings. The van der Waals surface area contributed by atoms with Gasteiger partial charge in [0.15, 0.2) is 5.82 Å². The Morgan fingerprint density at radius 2 is 1.70 bits per heavy atom. The van der Waals surface area contributed by atoms with Crippen LogP contribution in [0.1, 0.15) is 37.3 Å². The summed E-state index contributed by atoms with van der Waals surface area (Å²) in [5, 5.41) is 1.08. The molecule has 1 heterocycles. The number of benzene rings is 1. The number of hydrogen-bond acceptors (Lipinski definition) is 3. The highest BCUT2D eigenvalue weighted by Gasteiger charge is 2.21. The van der Waals surface area contributed by atoms with Crippen molar-refractivity contribution in [2.45, 2.75) is 31.6 Å². The van der Waals surface area contributed by atoms with Crippen LogP contribution >= 0.6 is 23.2 Å². The molecule has 0 bridgehead atoms. The fourth-order valence-corrected chi connectivity index (χ4v) is 3.31. The second-order valence-corrected chi connectivity index (χ2v) is 5.93. The predicted molar refractivity (Wildman–Crippen MR) is 83.1 cm³/mol. The summed E-state index contributed by atoms with van der Waals surface area (Å²) in [4.78, 5) is 8.94. The summed E-state index contributed by atoms with van der Waals surface area (Å²) in [6.07, 6.45) is 4.81. The minimum absolute atomic E-state index is 0.466. The molecule has 104 valence electrons. The lowest BCUT2D eigenvalue weighted by molar-refractivity contribution is 0.696. The Morgan fingerprint density at radius 3 is 2.35 bits per heavy atom. The highest BCUT2D eigenvalue weighted by atomic mass is 35.5. The monoisotopic (exact) mass is 307 g/mol. The van der Waals surface area contributed by atoms with Crippen LogP contribution in [0, 0.1) is 0 Å². The van der Waals surface area contributed by atoms with Gasteiger partial charge in [-0.3, -0.25) is 0 Å². The fourth-order valence-electron chi connectivity index (χ4n) is 2.74. The predicted octanol–water partition coefficient (Wildman–Crippen LogP) is 4.69. The van der Waals surface area contributed by atoms with Crippen LogP contribution in [0.4, 0.5) is 5.82 Å². The van der Waals surface area contributed by atoms with E-state index in [2.05, 4.69) is 9.97 Å². The smallest absolute Gasteiger partial charge is 0.164 e. The molecule has 1 aliphatic carbocycles. The summed E-state index contributed by atoms with van der Waals surface area (Å²) in [5.74, 6) is 1.45. The number of anilines is 1. The molecule has 1 aromatic heterocycles. The summed E-state index contributed by atoms with van der Waals surface area (Å²) >= 11 is 12.4. The number of nitrogens with two attached hydrogens (primary N) is 1. The first-order valence-electron chi connectivity index (χ1n) is 6.74. The van der Waals surface area contributed by atoms with Crippen molar-refractivity contribution in [2.24, 2.45) is 0 Å². The lowest BCUT2D eigenvalue weighted by Crippen LogP contribution is -2.04. The first kappa shape index (κ1) is 13.7. The van der Waals surface area contributed by atoms with Crippen molar-refractivity contribution in [3.63, 3.8) is 0 Å². The van der Waals surface area contributed by atoms with Crippen LogP contribution in [0.3, 0.4) is 0 Å². The summed E-state index contributed by atoms with van der Waals surface area (Å²) in [7, 11) is 0. The molecule has 3 nitrogen and oxygen atoms in total. The molecule has 0 amide bonds. The van der Waals surface area contributed by atoms with E-state index in [9.17, 15) is 0 Å². The molecule has 1 aromatic carbocycles. The van der Waals surface area contributed by atoms with E-state index in [0.29, 0.717) is 33.2 Å². The van der Waals surface area contributed by atoms with Gasteiger partial charge in [0.1, 0.15) is 5.82 Å². The minimum Gasteiger partial charge on any atom is -0.384 e. The van der Waals surface area contributed by atoms with Gasteiger partial charge in [0, 0.05) is 17.7 Å². The zero-order valence-corrected chi connectivity index (χ0v) is 12.5. The molecule has 0 atom stereocenters. The van der Waals surface area contributed by atoms with Crippen molar-refractivity contribution in [1.82, 2.24) is 9.97 Å². The van der Waals surface area contributed by atoms with Gasteiger partial charge in [-0.2, -0.15) is 0 Å². The number of hydrogen-bond donors (Lipinski definition) is 1. The Morgan fingerprint density at radius 1 is 1.05 bits per heavy atom. The third-order valence-electron chi connectivity index (χ3n) is 3.73. The van der Waals surface area contributed by atoms with Gasteiger partial charge in [-0.05, 0) is 25.0 Å². The SMILES string of the molecule is Nc1cc(C2CCCC2)nc(-c2c(Cl)cccc2Cl)n1. The van der Waals surface area contributed by atoms with Gasteiger partial charge >= 0.3 is 0 Å². The Balaban J connectivity index is 2.09. The van der Waals surface area contributed by atoms with Crippen molar-refractivity contribution in [1.29, 1.82) is 0 Å². The van der Waals surface area contributed by atoms with E-state index in [0.717, 1.165) is 18.5 Å². The first-order valence-corrected chi connectivity index (χ1v) is 7.49. The lowest BCUT2D eigenvalue weighted by Gasteiger charge is -2.12. The number of nitrogen functional groups attached to an aromatic ring is 1. The number of nitrogens with zero attached hydrogens (tertiary/aromatic N) is 2. The molecule has 0 unspecified atom stereocenters. The molecule has 0 aliphatic heterocycles. The zero-order valence-electron chi connectivity index (χ0n) is 10.9. The van der Waals surface area contributed by atoms with Crippen molar-refractivity contribution >= 4 is 29.0 Å². The van der Waals surface area contributed by atoms with Gasteiger partial charge in [-0.1, -0.05) is 42.1 Å². The fraction of sp³-hybridized carbons (Fsp3) is 0.333. The van der Waals surface area contributed by atoms with E-state index < -0.39 is 0 Å². The van der Waals surface area contributed by atoms with Gasteiger partial charge in [-0.15, -0.1) is 0 Å². The van der Waals surface area contributed by atoms with Crippen molar-refractivity contribution in [2.75, 3.05) is 5.73 Å². The van der Waals surface area contributed by atoms with Crippen LogP contribution in [0.2, 0.25) is 10.0 Å². The quantitative estimate of drug-likeness (QED) is 0.875. The van der Waals surface area contributed by atoms with E-state index in [-0.39, 0.29) is 0 Å². The Kier molecular flexibility index (Phi) is 3.81. The van der Waals surface area contributed by atoms with Crippen LogP contribution in [0.25, 0.3) is 11.4 Å². The Bertz CT molecular complexity index is 617. The molecule has 1 saturated carbocycles. The Hall–Kier alpha value is -1.32. The average molecular weight is 308 g/mol. The molecule has 2 N–H and O–H groups in total. The molecular formula is C15H15Cl2N3. The van der Waals surface area contributed by atoms with Crippen molar-refractivity contribution in [3.8, 4) is 11.4 Å². The van der Waals surface area contributed by atoms with E-state index in [4.69, 9.17) is 28.9 Å². The Labute approximate surface area is 128 Å². The van der Waals surface area contributed by atoms with E-state index in [1.54, 1.807) is 18.2 Å². The molecule has 2 aromatic rings. The maximum Gasteiger partial charge on any atom is 0.164 e. The maximum absolute atomic E-state index is 6.22. The number of halogens is 2. The van der Waals surface area contributed by atoms with Crippen LogP contribution < -0.4 is 5.73 Å². The summed E-state index contributed by atoms with van der Waals surface area (Å²) < 4.78 is 0. The molecule has 1 aliphatic rings. The molecule has 3 rings (SSSR count). The minimum atomic E-state index is 0.466. The topological polar surface area (TPSA) is 51.8 Å². The van der Waals surface area contributed by atoms with Crippen LogP contribution in [-0.4, -0.2) is 9.97 Å². The molecule has 5 heteroatoms. The van der Waals surface area contributed by atoms with Crippen molar-refractivity contribution < 1.29 is 0 Å². The maximum atomic E-state index is 6.22. The largest absolute Gasteiger partial charge is 0.384 e. The number of aromatic nitrogens is 2. The van der Waals surface area contributed by atoms with E-state index in [1.165, 1.54) is 12.8 Å². The molecule has 0 saturated heterocycles. The van der Waals surface area contributed by atoms with Gasteiger partial charge < -0.3 is 5.73 Å². The van der Waals surface area contributed by atoms with Gasteiger partial charge in [-0.25, -0.2) is 9.97 Å².